The summed E-state index contributed by atoms with van der Waals surface area (Å²) in [7, 11) is 2.04. The third kappa shape index (κ3) is 1.25. The molecule has 2 rings (SSSR count). The third-order valence-corrected chi connectivity index (χ3v) is 2.75. The first-order chi connectivity index (χ1) is 5.83. The molecule has 0 bridgehead atoms. The van der Waals surface area contributed by atoms with Gasteiger partial charge in [-0.25, -0.2) is 0 Å². The van der Waals surface area contributed by atoms with Gasteiger partial charge in [-0.05, 0) is 31.5 Å². The van der Waals surface area contributed by atoms with Gasteiger partial charge in [0.05, 0.1) is 0 Å². The Balaban J connectivity index is 2.19. The summed E-state index contributed by atoms with van der Waals surface area (Å²) in [5.41, 5.74) is 2.96. The summed E-state index contributed by atoms with van der Waals surface area (Å²) in [6.07, 6.45) is 1.31. The highest BCUT2D eigenvalue weighted by molar-refractivity contribution is 5.34. The Bertz CT molecular complexity index is 280. The van der Waals surface area contributed by atoms with Crippen LogP contribution < -0.4 is 5.32 Å². The lowest BCUT2D eigenvalue weighted by Crippen LogP contribution is -2.10. The highest BCUT2D eigenvalue weighted by atomic mass is 14.9. The molecule has 0 aromatic heterocycles. The van der Waals surface area contributed by atoms with E-state index in [2.05, 4.69) is 36.5 Å². The maximum Gasteiger partial charge on any atom is 0.0140 e. The van der Waals surface area contributed by atoms with Gasteiger partial charge in [0.15, 0.2) is 0 Å². The van der Waals surface area contributed by atoms with E-state index in [4.69, 9.17) is 0 Å². The fraction of sp³-hybridized carbons (Fsp3) is 0.455. The summed E-state index contributed by atoms with van der Waals surface area (Å²) in [5.74, 6) is 0.774. The lowest BCUT2D eigenvalue weighted by molar-refractivity contribution is 0.782. The Hall–Kier alpha value is -0.820. The Morgan fingerprint density at radius 3 is 2.67 bits per heavy atom. The lowest BCUT2D eigenvalue weighted by Gasteiger charge is -2.03. The normalized spacial score (nSPS) is 27.2. The van der Waals surface area contributed by atoms with Crippen LogP contribution in [0.2, 0.25) is 0 Å². The molecule has 1 saturated carbocycles. The summed E-state index contributed by atoms with van der Waals surface area (Å²) in [4.78, 5) is 0. The van der Waals surface area contributed by atoms with E-state index in [1.54, 1.807) is 0 Å². The summed E-state index contributed by atoms with van der Waals surface area (Å²) in [6, 6.07) is 9.41. The molecule has 1 heteroatoms. The van der Waals surface area contributed by atoms with Crippen LogP contribution in [-0.4, -0.2) is 13.1 Å². The second-order valence-electron chi connectivity index (χ2n) is 3.59. The van der Waals surface area contributed by atoms with Crippen LogP contribution in [0, 0.1) is 6.92 Å². The largest absolute Gasteiger partial charge is 0.316 e. The Kier molecular flexibility index (Phi) is 1.89. The minimum absolute atomic E-state index is 0.728. The van der Waals surface area contributed by atoms with E-state index >= 15 is 0 Å². The molecule has 1 aromatic carbocycles. The van der Waals surface area contributed by atoms with Crippen molar-refractivity contribution in [2.45, 2.75) is 25.3 Å². The smallest absolute Gasteiger partial charge is 0.0140 e. The van der Waals surface area contributed by atoms with Crippen molar-refractivity contribution in [3.8, 4) is 0 Å². The number of benzene rings is 1. The molecule has 0 aliphatic heterocycles. The predicted octanol–water partition coefficient (Wildman–Crippen LogP) is 2.07. The summed E-state index contributed by atoms with van der Waals surface area (Å²) < 4.78 is 0. The van der Waals surface area contributed by atoms with Gasteiger partial charge in [0.1, 0.15) is 0 Å². The van der Waals surface area contributed by atoms with Crippen molar-refractivity contribution in [3.05, 3.63) is 35.4 Å². The number of nitrogens with one attached hydrogen (secondary N) is 1. The molecule has 0 heterocycles. The average Bonchev–Trinajstić information content (AvgIpc) is 2.84. The van der Waals surface area contributed by atoms with Crippen LogP contribution in [0.1, 0.15) is 23.5 Å². The molecule has 64 valence electrons. The molecule has 1 aliphatic rings. The van der Waals surface area contributed by atoms with Gasteiger partial charge in [-0.2, -0.15) is 0 Å². The van der Waals surface area contributed by atoms with Crippen LogP contribution in [0.25, 0.3) is 0 Å². The molecule has 0 amide bonds. The van der Waals surface area contributed by atoms with E-state index in [0.29, 0.717) is 0 Å². The third-order valence-electron chi connectivity index (χ3n) is 2.75. The van der Waals surface area contributed by atoms with Gasteiger partial charge in [0, 0.05) is 12.0 Å². The van der Waals surface area contributed by atoms with Crippen LogP contribution in [0.5, 0.6) is 0 Å². The zero-order valence-corrected chi connectivity index (χ0v) is 7.67. The second kappa shape index (κ2) is 2.91. The number of rotatable bonds is 2. The molecule has 1 aliphatic carbocycles. The van der Waals surface area contributed by atoms with Crippen molar-refractivity contribution in [3.63, 3.8) is 0 Å². The van der Waals surface area contributed by atoms with Gasteiger partial charge < -0.3 is 5.32 Å². The Labute approximate surface area is 73.8 Å². The average molecular weight is 161 g/mol. The van der Waals surface area contributed by atoms with Gasteiger partial charge in [-0.1, -0.05) is 24.3 Å². The number of aryl methyl sites for hydroxylation is 1. The minimum Gasteiger partial charge on any atom is -0.316 e. The van der Waals surface area contributed by atoms with Gasteiger partial charge >= 0.3 is 0 Å². The number of likely N-dealkylation sites (N-methyl/N-ethyl adjacent to an activating group) is 1. The molecule has 2 unspecified atom stereocenters. The maximum absolute atomic E-state index is 3.31. The highest BCUT2D eigenvalue weighted by Crippen LogP contribution is 2.41. The minimum atomic E-state index is 0.728. The maximum atomic E-state index is 3.31. The van der Waals surface area contributed by atoms with Crippen LogP contribution in [0.15, 0.2) is 24.3 Å². The van der Waals surface area contributed by atoms with Crippen LogP contribution >= 0.6 is 0 Å². The molecular weight excluding hydrogens is 146 g/mol. The number of hydrogen-bond donors (Lipinski definition) is 1. The highest BCUT2D eigenvalue weighted by Gasteiger charge is 2.37. The van der Waals surface area contributed by atoms with E-state index in [-0.39, 0.29) is 0 Å². The Morgan fingerprint density at radius 1 is 1.33 bits per heavy atom. The molecule has 0 saturated heterocycles. The van der Waals surface area contributed by atoms with Crippen molar-refractivity contribution in [1.82, 2.24) is 5.32 Å². The first-order valence-electron chi connectivity index (χ1n) is 4.55. The van der Waals surface area contributed by atoms with Gasteiger partial charge in [0.25, 0.3) is 0 Å². The molecule has 1 N–H and O–H groups in total. The first-order valence-corrected chi connectivity index (χ1v) is 4.55. The molecule has 1 aromatic rings. The molecule has 12 heavy (non-hydrogen) atoms. The summed E-state index contributed by atoms with van der Waals surface area (Å²) in [6.45, 7) is 2.19. The van der Waals surface area contributed by atoms with E-state index < -0.39 is 0 Å². The fourth-order valence-corrected chi connectivity index (χ4v) is 1.86. The second-order valence-corrected chi connectivity index (χ2v) is 3.59. The van der Waals surface area contributed by atoms with E-state index in [9.17, 15) is 0 Å². The lowest BCUT2D eigenvalue weighted by atomic mass is 10.0. The van der Waals surface area contributed by atoms with E-state index in [1.807, 2.05) is 7.05 Å². The van der Waals surface area contributed by atoms with E-state index in [1.165, 1.54) is 17.5 Å². The summed E-state index contributed by atoms with van der Waals surface area (Å²) in [5, 5.41) is 3.31. The first kappa shape index (κ1) is 7.81. The molecule has 2 atom stereocenters. The molecule has 0 spiro atoms. The Morgan fingerprint density at radius 2 is 2.08 bits per heavy atom. The van der Waals surface area contributed by atoms with Crippen molar-refractivity contribution < 1.29 is 0 Å². The monoisotopic (exact) mass is 161 g/mol. The van der Waals surface area contributed by atoms with E-state index in [0.717, 1.165) is 12.0 Å². The van der Waals surface area contributed by atoms with Gasteiger partial charge in [-0.3, -0.25) is 0 Å². The predicted molar refractivity (Wildman–Crippen MR) is 51.4 cm³/mol. The topological polar surface area (TPSA) is 12.0 Å². The van der Waals surface area contributed by atoms with Crippen LogP contribution in [-0.2, 0) is 0 Å². The quantitative estimate of drug-likeness (QED) is 0.700. The zero-order chi connectivity index (χ0) is 8.55. The molecule has 0 radical (unpaired) electrons. The van der Waals surface area contributed by atoms with Crippen molar-refractivity contribution >= 4 is 0 Å². The molecule has 1 fully saturated rings. The molecule has 1 nitrogen and oxygen atoms in total. The summed E-state index contributed by atoms with van der Waals surface area (Å²) >= 11 is 0. The fourth-order valence-electron chi connectivity index (χ4n) is 1.86. The number of hydrogen-bond acceptors (Lipinski definition) is 1. The van der Waals surface area contributed by atoms with Crippen molar-refractivity contribution in [2.24, 2.45) is 0 Å². The SMILES string of the molecule is CNC1CC1c1ccccc1C. The van der Waals surface area contributed by atoms with Crippen LogP contribution in [0.3, 0.4) is 0 Å². The van der Waals surface area contributed by atoms with Gasteiger partial charge in [-0.15, -0.1) is 0 Å². The van der Waals surface area contributed by atoms with Crippen LogP contribution in [0.4, 0.5) is 0 Å². The molecular formula is C11H15N. The van der Waals surface area contributed by atoms with Gasteiger partial charge in [0.2, 0.25) is 0 Å². The van der Waals surface area contributed by atoms with Crippen molar-refractivity contribution in [1.29, 1.82) is 0 Å². The van der Waals surface area contributed by atoms with Crippen molar-refractivity contribution in [2.75, 3.05) is 7.05 Å². The standard InChI is InChI=1S/C11H15N/c1-8-5-3-4-6-9(8)10-7-11(10)12-2/h3-6,10-12H,7H2,1-2H3. The zero-order valence-electron chi connectivity index (χ0n) is 7.67.